The van der Waals surface area contributed by atoms with Gasteiger partial charge in [-0.05, 0) is 48.4 Å². The zero-order valence-corrected chi connectivity index (χ0v) is 13.9. The summed E-state index contributed by atoms with van der Waals surface area (Å²) in [6, 6.07) is 12.6. The molecular formula is C19H20N2O3. The summed E-state index contributed by atoms with van der Waals surface area (Å²) in [5.41, 5.74) is 3.06. The maximum atomic E-state index is 12.1. The maximum Gasteiger partial charge on any atom is 0.251 e. The van der Waals surface area contributed by atoms with Crippen LogP contribution < -0.4 is 15.4 Å². The number of carbonyl (C=O) groups excluding carboxylic acids is 2. The predicted molar refractivity (Wildman–Crippen MR) is 95.2 cm³/mol. The van der Waals surface area contributed by atoms with E-state index in [0.717, 1.165) is 11.1 Å². The third kappa shape index (κ3) is 4.46. The summed E-state index contributed by atoms with van der Waals surface area (Å²) < 4.78 is 5.23. The van der Waals surface area contributed by atoms with Gasteiger partial charge in [0, 0.05) is 18.7 Å². The zero-order valence-electron chi connectivity index (χ0n) is 13.9. The summed E-state index contributed by atoms with van der Waals surface area (Å²) >= 11 is 0. The largest absolute Gasteiger partial charge is 0.495 e. The lowest BCUT2D eigenvalue weighted by Gasteiger charge is -2.09. The number of aryl methyl sites for hydroxylation is 1. The topological polar surface area (TPSA) is 67.4 Å². The van der Waals surface area contributed by atoms with Crippen LogP contribution in [0.5, 0.6) is 5.75 Å². The lowest BCUT2D eigenvalue weighted by molar-refractivity contribution is -0.111. The quantitative estimate of drug-likeness (QED) is 0.831. The molecule has 0 atom stereocenters. The lowest BCUT2D eigenvalue weighted by Crippen LogP contribution is -2.17. The molecule has 0 bridgehead atoms. The highest BCUT2D eigenvalue weighted by molar-refractivity contribution is 6.03. The van der Waals surface area contributed by atoms with Crippen LogP contribution in [0.3, 0.4) is 0 Å². The fourth-order valence-electron chi connectivity index (χ4n) is 2.16. The number of rotatable bonds is 5. The van der Waals surface area contributed by atoms with E-state index in [9.17, 15) is 9.59 Å². The van der Waals surface area contributed by atoms with Crippen molar-refractivity contribution in [2.75, 3.05) is 19.5 Å². The summed E-state index contributed by atoms with van der Waals surface area (Å²) in [5, 5.41) is 5.36. The first kappa shape index (κ1) is 17.3. The number of benzene rings is 2. The Morgan fingerprint density at radius 2 is 1.79 bits per heavy atom. The standard InChI is InChI=1S/C19H20N2O3/c1-13-4-10-17(24-3)16(12-13)21-18(22)11-7-14-5-8-15(9-6-14)19(23)20-2/h4-12H,1-3H3,(H,20,23)(H,21,22)/b11-7+. The Kier molecular flexibility index (Phi) is 5.73. The van der Waals surface area contributed by atoms with E-state index in [4.69, 9.17) is 4.74 Å². The lowest BCUT2D eigenvalue weighted by atomic mass is 10.1. The van der Waals surface area contributed by atoms with E-state index >= 15 is 0 Å². The number of hydrogen-bond donors (Lipinski definition) is 2. The minimum absolute atomic E-state index is 0.144. The molecule has 2 aromatic rings. The van der Waals surface area contributed by atoms with E-state index in [1.807, 2.05) is 25.1 Å². The van der Waals surface area contributed by atoms with Crippen molar-refractivity contribution in [2.45, 2.75) is 6.92 Å². The average molecular weight is 324 g/mol. The Hall–Kier alpha value is -3.08. The van der Waals surface area contributed by atoms with Gasteiger partial charge < -0.3 is 15.4 Å². The van der Waals surface area contributed by atoms with E-state index in [0.29, 0.717) is 17.0 Å². The molecular weight excluding hydrogens is 304 g/mol. The molecule has 0 saturated carbocycles. The Bertz CT molecular complexity index is 765. The summed E-state index contributed by atoms with van der Waals surface area (Å²) in [6.07, 6.45) is 3.13. The number of nitrogens with one attached hydrogen (secondary N) is 2. The van der Waals surface area contributed by atoms with Crippen molar-refractivity contribution >= 4 is 23.6 Å². The van der Waals surface area contributed by atoms with E-state index in [1.54, 1.807) is 44.5 Å². The molecule has 0 aromatic heterocycles. The molecule has 0 aliphatic rings. The number of hydrogen-bond acceptors (Lipinski definition) is 3. The molecule has 24 heavy (non-hydrogen) atoms. The van der Waals surface area contributed by atoms with Gasteiger partial charge in [0.05, 0.1) is 12.8 Å². The van der Waals surface area contributed by atoms with Gasteiger partial charge >= 0.3 is 0 Å². The summed E-state index contributed by atoms with van der Waals surface area (Å²) in [6.45, 7) is 1.94. The second-order valence-corrected chi connectivity index (χ2v) is 5.23. The molecule has 0 aliphatic carbocycles. The molecule has 2 N–H and O–H groups in total. The monoisotopic (exact) mass is 324 g/mol. The molecule has 2 rings (SSSR count). The van der Waals surface area contributed by atoms with Crippen molar-refractivity contribution < 1.29 is 14.3 Å². The van der Waals surface area contributed by atoms with Gasteiger partial charge in [0.1, 0.15) is 5.75 Å². The minimum atomic E-state index is -0.255. The summed E-state index contributed by atoms with van der Waals surface area (Å²) in [4.78, 5) is 23.5. The van der Waals surface area contributed by atoms with Gasteiger partial charge in [-0.25, -0.2) is 0 Å². The van der Waals surface area contributed by atoms with Crippen molar-refractivity contribution in [1.29, 1.82) is 0 Å². The third-order valence-corrected chi connectivity index (χ3v) is 3.44. The first-order valence-corrected chi connectivity index (χ1v) is 7.49. The van der Waals surface area contributed by atoms with Gasteiger partial charge in [0.25, 0.3) is 5.91 Å². The van der Waals surface area contributed by atoms with E-state index in [1.165, 1.54) is 6.08 Å². The number of anilines is 1. The third-order valence-electron chi connectivity index (χ3n) is 3.44. The fourth-order valence-corrected chi connectivity index (χ4v) is 2.16. The molecule has 5 nitrogen and oxygen atoms in total. The molecule has 0 fully saturated rings. The summed E-state index contributed by atoms with van der Waals surface area (Å²) in [7, 11) is 3.14. The molecule has 0 heterocycles. The SMILES string of the molecule is CNC(=O)c1ccc(/C=C/C(=O)Nc2cc(C)ccc2OC)cc1. The second-order valence-electron chi connectivity index (χ2n) is 5.23. The van der Waals surface area contributed by atoms with Crippen LogP contribution in [0.2, 0.25) is 0 Å². The predicted octanol–water partition coefficient (Wildman–Crippen LogP) is 3.02. The van der Waals surface area contributed by atoms with Crippen LogP contribution in [0.15, 0.2) is 48.5 Å². The van der Waals surface area contributed by atoms with Crippen LogP contribution in [-0.4, -0.2) is 26.0 Å². The molecule has 0 unspecified atom stereocenters. The van der Waals surface area contributed by atoms with E-state index in [2.05, 4.69) is 10.6 Å². The first-order chi connectivity index (χ1) is 11.5. The molecule has 0 saturated heterocycles. The maximum absolute atomic E-state index is 12.1. The Morgan fingerprint density at radius 1 is 1.08 bits per heavy atom. The first-order valence-electron chi connectivity index (χ1n) is 7.49. The van der Waals surface area contributed by atoms with Crippen molar-refractivity contribution in [3.05, 3.63) is 65.2 Å². The number of ether oxygens (including phenoxy) is 1. The van der Waals surface area contributed by atoms with Crippen molar-refractivity contribution in [2.24, 2.45) is 0 Å². The Labute approximate surface area is 141 Å². The van der Waals surface area contributed by atoms with Gasteiger partial charge in [-0.1, -0.05) is 18.2 Å². The van der Waals surface area contributed by atoms with E-state index < -0.39 is 0 Å². The van der Waals surface area contributed by atoms with Gasteiger partial charge in [-0.3, -0.25) is 9.59 Å². The zero-order chi connectivity index (χ0) is 17.5. The highest BCUT2D eigenvalue weighted by Gasteiger charge is 2.06. The number of methoxy groups -OCH3 is 1. The highest BCUT2D eigenvalue weighted by Crippen LogP contribution is 2.25. The number of amides is 2. The van der Waals surface area contributed by atoms with Gasteiger partial charge in [0.15, 0.2) is 0 Å². The second kappa shape index (κ2) is 7.97. The van der Waals surface area contributed by atoms with Crippen LogP contribution in [0.4, 0.5) is 5.69 Å². The molecule has 5 heteroatoms. The molecule has 124 valence electrons. The normalized spacial score (nSPS) is 10.5. The molecule has 0 spiro atoms. The van der Waals surface area contributed by atoms with Crippen LogP contribution >= 0.6 is 0 Å². The van der Waals surface area contributed by atoms with Gasteiger partial charge in [-0.15, -0.1) is 0 Å². The minimum Gasteiger partial charge on any atom is -0.495 e. The highest BCUT2D eigenvalue weighted by atomic mass is 16.5. The Balaban J connectivity index is 2.05. The number of carbonyl (C=O) groups is 2. The van der Waals surface area contributed by atoms with Crippen LogP contribution in [0.1, 0.15) is 21.5 Å². The molecule has 0 radical (unpaired) electrons. The van der Waals surface area contributed by atoms with Crippen LogP contribution in [0.25, 0.3) is 6.08 Å². The smallest absolute Gasteiger partial charge is 0.251 e. The van der Waals surface area contributed by atoms with Crippen LogP contribution in [-0.2, 0) is 4.79 Å². The van der Waals surface area contributed by atoms with Crippen molar-refractivity contribution in [1.82, 2.24) is 5.32 Å². The van der Waals surface area contributed by atoms with E-state index in [-0.39, 0.29) is 11.8 Å². The van der Waals surface area contributed by atoms with Crippen LogP contribution in [0, 0.1) is 6.92 Å². The Morgan fingerprint density at radius 3 is 2.42 bits per heavy atom. The van der Waals surface area contributed by atoms with Crippen molar-refractivity contribution in [3.63, 3.8) is 0 Å². The average Bonchev–Trinajstić information content (AvgIpc) is 2.60. The summed E-state index contributed by atoms with van der Waals surface area (Å²) in [5.74, 6) is 0.210. The van der Waals surface area contributed by atoms with Crippen molar-refractivity contribution in [3.8, 4) is 5.75 Å². The van der Waals surface area contributed by atoms with Gasteiger partial charge in [-0.2, -0.15) is 0 Å². The molecule has 2 amide bonds. The molecule has 0 aliphatic heterocycles. The molecule has 2 aromatic carbocycles. The fraction of sp³-hybridized carbons (Fsp3) is 0.158. The van der Waals surface area contributed by atoms with Gasteiger partial charge in [0.2, 0.25) is 5.91 Å².